The van der Waals surface area contributed by atoms with Gasteiger partial charge in [-0.1, -0.05) is 6.07 Å². The highest BCUT2D eigenvalue weighted by molar-refractivity contribution is 5.66. The van der Waals surface area contributed by atoms with E-state index < -0.39 is 0 Å². The molecule has 0 saturated carbocycles. The van der Waals surface area contributed by atoms with Gasteiger partial charge in [0.05, 0.1) is 6.61 Å². The van der Waals surface area contributed by atoms with Crippen LogP contribution in [-0.4, -0.2) is 40.0 Å². The molecule has 2 N–H and O–H groups in total. The Bertz CT molecular complexity index is 396. The van der Waals surface area contributed by atoms with Gasteiger partial charge in [0, 0.05) is 44.8 Å². The van der Waals surface area contributed by atoms with Crippen LogP contribution < -0.4 is 10.6 Å². The first-order valence-electron chi connectivity index (χ1n) is 7.02. The van der Waals surface area contributed by atoms with Crippen molar-refractivity contribution in [2.75, 3.05) is 50.7 Å². The zero-order valence-corrected chi connectivity index (χ0v) is 11.7. The SMILES string of the molecule is COCCCOCCN1CCCc2c(N)cccc21. The van der Waals surface area contributed by atoms with Gasteiger partial charge in [0.2, 0.25) is 0 Å². The average Bonchev–Trinajstić information content (AvgIpc) is 2.43. The molecule has 106 valence electrons. The Morgan fingerprint density at radius 2 is 2.16 bits per heavy atom. The maximum absolute atomic E-state index is 6.04. The third-order valence-corrected chi connectivity index (χ3v) is 3.53. The lowest BCUT2D eigenvalue weighted by Gasteiger charge is -2.31. The second-order valence-electron chi connectivity index (χ2n) is 4.89. The fourth-order valence-electron chi connectivity index (χ4n) is 2.54. The quantitative estimate of drug-likeness (QED) is 0.605. The molecule has 0 atom stereocenters. The normalized spacial score (nSPS) is 14.5. The summed E-state index contributed by atoms with van der Waals surface area (Å²) in [6.45, 7) is 4.33. The molecule has 0 radical (unpaired) electrons. The Balaban J connectivity index is 1.81. The molecule has 0 spiro atoms. The van der Waals surface area contributed by atoms with Crippen LogP contribution in [0, 0.1) is 0 Å². The van der Waals surface area contributed by atoms with Gasteiger partial charge in [-0.2, -0.15) is 0 Å². The molecule has 2 rings (SSSR count). The van der Waals surface area contributed by atoms with Crippen molar-refractivity contribution in [2.24, 2.45) is 0 Å². The minimum absolute atomic E-state index is 0.762. The Labute approximate surface area is 115 Å². The predicted octanol–water partition coefficient (Wildman–Crippen LogP) is 2.07. The number of anilines is 2. The summed E-state index contributed by atoms with van der Waals surface area (Å²) in [6, 6.07) is 6.19. The highest BCUT2D eigenvalue weighted by Crippen LogP contribution is 2.30. The summed E-state index contributed by atoms with van der Waals surface area (Å²) < 4.78 is 10.6. The van der Waals surface area contributed by atoms with E-state index in [2.05, 4.69) is 11.0 Å². The molecule has 19 heavy (non-hydrogen) atoms. The number of methoxy groups -OCH3 is 1. The first kappa shape index (κ1) is 14.2. The Morgan fingerprint density at radius 1 is 1.26 bits per heavy atom. The third kappa shape index (κ3) is 3.85. The van der Waals surface area contributed by atoms with Gasteiger partial charge in [-0.05, 0) is 37.0 Å². The fourth-order valence-corrected chi connectivity index (χ4v) is 2.54. The van der Waals surface area contributed by atoms with Crippen LogP contribution in [0.15, 0.2) is 18.2 Å². The van der Waals surface area contributed by atoms with Gasteiger partial charge in [0.1, 0.15) is 0 Å². The van der Waals surface area contributed by atoms with Crippen molar-refractivity contribution in [3.05, 3.63) is 23.8 Å². The first-order valence-corrected chi connectivity index (χ1v) is 7.02. The van der Waals surface area contributed by atoms with Crippen LogP contribution in [0.4, 0.5) is 11.4 Å². The van der Waals surface area contributed by atoms with Gasteiger partial charge in [-0.3, -0.25) is 0 Å². The van der Waals surface area contributed by atoms with E-state index in [1.165, 1.54) is 17.7 Å². The summed E-state index contributed by atoms with van der Waals surface area (Å²) in [5, 5.41) is 0. The average molecular weight is 264 g/mol. The summed E-state index contributed by atoms with van der Waals surface area (Å²) in [7, 11) is 1.72. The van der Waals surface area contributed by atoms with Crippen molar-refractivity contribution in [1.29, 1.82) is 0 Å². The van der Waals surface area contributed by atoms with Crippen LogP contribution in [0.3, 0.4) is 0 Å². The zero-order chi connectivity index (χ0) is 13.5. The van der Waals surface area contributed by atoms with Crippen molar-refractivity contribution >= 4 is 11.4 Å². The molecule has 0 saturated heterocycles. The van der Waals surface area contributed by atoms with Crippen molar-refractivity contribution in [1.82, 2.24) is 0 Å². The zero-order valence-electron chi connectivity index (χ0n) is 11.7. The summed E-state index contributed by atoms with van der Waals surface area (Å²) in [5.74, 6) is 0. The van der Waals surface area contributed by atoms with Crippen molar-refractivity contribution < 1.29 is 9.47 Å². The van der Waals surface area contributed by atoms with E-state index in [0.717, 1.165) is 51.4 Å². The Morgan fingerprint density at radius 3 is 3.00 bits per heavy atom. The number of nitrogens with zero attached hydrogens (tertiary/aromatic N) is 1. The van der Waals surface area contributed by atoms with Crippen molar-refractivity contribution in [2.45, 2.75) is 19.3 Å². The number of rotatable bonds is 7. The minimum atomic E-state index is 0.762. The van der Waals surface area contributed by atoms with Crippen LogP contribution in [0.5, 0.6) is 0 Å². The lowest BCUT2D eigenvalue weighted by Crippen LogP contribution is -2.33. The molecular weight excluding hydrogens is 240 g/mol. The van der Waals surface area contributed by atoms with Gasteiger partial charge in [-0.25, -0.2) is 0 Å². The largest absolute Gasteiger partial charge is 0.398 e. The van der Waals surface area contributed by atoms with Crippen molar-refractivity contribution in [3.63, 3.8) is 0 Å². The standard InChI is InChI=1S/C15H24N2O2/c1-18-10-4-11-19-12-9-17-8-3-5-13-14(16)6-2-7-15(13)17/h2,6-7H,3-5,8-12,16H2,1H3. The molecule has 4 heteroatoms. The van der Waals surface area contributed by atoms with Gasteiger partial charge < -0.3 is 20.1 Å². The van der Waals surface area contributed by atoms with E-state index in [9.17, 15) is 0 Å². The molecule has 1 heterocycles. The number of benzene rings is 1. The molecule has 4 nitrogen and oxygen atoms in total. The number of nitrogens with two attached hydrogens (primary N) is 1. The molecule has 0 aliphatic carbocycles. The van der Waals surface area contributed by atoms with Gasteiger partial charge in [-0.15, -0.1) is 0 Å². The maximum atomic E-state index is 6.04. The van der Waals surface area contributed by atoms with E-state index >= 15 is 0 Å². The molecule has 0 bridgehead atoms. The Kier molecular flexibility index (Phi) is 5.48. The highest BCUT2D eigenvalue weighted by Gasteiger charge is 2.17. The molecule has 0 fully saturated rings. The molecule has 1 aromatic carbocycles. The monoisotopic (exact) mass is 264 g/mol. The van der Waals surface area contributed by atoms with Gasteiger partial charge in [0.25, 0.3) is 0 Å². The topological polar surface area (TPSA) is 47.7 Å². The summed E-state index contributed by atoms with van der Waals surface area (Å²) in [5.41, 5.74) is 9.54. The summed E-state index contributed by atoms with van der Waals surface area (Å²) in [4.78, 5) is 2.38. The fraction of sp³-hybridized carbons (Fsp3) is 0.600. The Hall–Kier alpha value is -1.26. The van der Waals surface area contributed by atoms with E-state index in [-0.39, 0.29) is 0 Å². The maximum Gasteiger partial charge on any atom is 0.0641 e. The lowest BCUT2D eigenvalue weighted by atomic mass is 10.00. The van der Waals surface area contributed by atoms with Crippen LogP contribution in [-0.2, 0) is 15.9 Å². The van der Waals surface area contributed by atoms with Crippen LogP contribution >= 0.6 is 0 Å². The predicted molar refractivity (Wildman–Crippen MR) is 78.7 cm³/mol. The lowest BCUT2D eigenvalue weighted by molar-refractivity contribution is 0.107. The summed E-state index contributed by atoms with van der Waals surface area (Å²) >= 11 is 0. The first-order chi connectivity index (χ1) is 9.33. The number of hydrogen-bond donors (Lipinski definition) is 1. The van der Waals surface area contributed by atoms with E-state index in [1.54, 1.807) is 7.11 Å². The number of fused-ring (bicyclic) bond motifs is 1. The number of hydrogen-bond acceptors (Lipinski definition) is 4. The molecular formula is C15H24N2O2. The van der Waals surface area contributed by atoms with Crippen molar-refractivity contribution in [3.8, 4) is 0 Å². The molecule has 1 aromatic rings. The second kappa shape index (κ2) is 7.36. The van der Waals surface area contributed by atoms with Crippen LogP contribution in [0.1, 0.15) is 18.4 Å². The minimum Gasteiger partial charge on any atom is -0.398 e. The smallest absolute Gasteiger partial charge is 0.0641 e. The van der Waals surface area contributed by atoms with E-state index in [4.69, 9.17) is 15.2 Å². The van der Waals surface area contributed by atoms with E-state index in [1.807, 2.05) is 12.1 Å². The van der Waals surface area contributed by atoms with Crippen LogP contribution in [0.25, 0.3) is 0 Å². The molecule has 0 unspecified atom stereocenters. The molecule has 0 amide bonds. The molecule has 0 aromatic heterocycles. The van der Waals surface area contributed by atoms with Crippen LogP contribution in [0.2, 0.25) is 0 Å². The molecule has 1 aliphatic rings. The second-order valence-corrected chi connectivity index (χ2v) is 4.89. The highest BCUT2D eigenvalue weighted by atomic mass is 16.5. The number of nitrogen functional groups attached to an aromatic ring is 1. The number of ether oxygens (including phenoxy) is 2. The third-order valence-electron chi connectivity index (χ3n) is 3.53. The van der Waals surface area contributed by atoms with E-state index in [0.29, 0.717) is 0 Å². The van der Waals surface area contributed by atoms with Gasteiger partial charge >= 0.3 is 0 Å². The van der Waals surface area contributed by atoms with Gasteiger partial charge in [0.15, 0.2) is 0 Å². The molecule has 1 aliphatic heterocycles. The summed E-state index contributed by atoms with van der Waals surface area (Å²) in [6.07, 6.45) is 3.22.